The van der Waals surface area contributed by atoms with Gasteiger partial charge in [-0.25, -0.2) is 0 Å². The fraction of sp³-hybridized carbons (Fsp3) is 0.0714. The third-order valence-electron chi connectivity index (χ3n) is 2.46. The highest BCUT2D eigenvalue weighted by Crippen LogP contribution is 2.20. The van der Waals surface area contributed by atoms with E-state index >= 15 is 0 Å². The molecule has 0 amide bonds. The van der Waals surface area contributed by atoms with E-state index in [4.69, 9.17) is 0 Å². The third kappa shape index (κ3) is 2.63. The van der Waals surface area contributed by atoms with Crippen molar-refractivity contribution < 1.29 is 9.90 Å². The first-order valence-corrected chi connectivity index (χ1v) is 6.11. The lowest BCUT2D eigenvalue weighted by atomic mass is 10.1. The number of allylic oxidation sites excluding steroid dienone is 1. The molecule has 0 radical (unpaired) electrons. The van der Waals surface area contributed by atoms with Crippen molar-refractivity contribution in [1.29, 1.82) is 0 Å². The summed E-state index contributed by atoms with van der Waals surface area (Å²) in [6.45, 7) is 2.00. The van der Waals surface area contributed by atoms with Gasteiger partial charge in [-0.3, -0.25) is 4.79 Å². The number of rotatable bonds is 3. The molecule has 0 saturated carbocycles. The second-order valence-electron chi connectivity index (χ2n) is 3.68. The van der Waals surface area contributed by atoms with Crippen molar-refractivity contribution in [1.82, 2.24) is 0 Å². The quantitative estimate of drug-likeness (QED) is 0.661. The minimum atomic E-state index is -0.184. The van der Waals surface area contributed by atoms with Gasteiger partial charge >= 0.3 is 0 Å². The van der Waals surface area contributed by atoms with Gasteiger partial charge in [0.25, 0.3) is 0 Å². The number of hydrogen-bond acceptors (Lipinski definition) is 3. The Labute approximate surface area is 104 Å². The topological polar surface area (TPSA) is 37.3 Å². The number of phenols is 1. The molecule has 2 aromatic rings. The molecule has 1 N–H and O–H groups in total. The van der Waals surface area contributed by atoms with Gasteiger partial charge in [-0.2, -0.15) is 0 Å². The molecule has 1 heterocycles. The molecule has 0 saturated heterocycles. The maximum absolute atomic E-state index is 11.8. The van der Waals surface area contributed by atoms with E-state index in [1.54, 1.807) is 35.6 Å². The van der Waals surface area contributed by atoms with Crippen LogP contribution in [-0.4, -0.2) is 10.9 Å². The number of para-hydroxylation sites is 1. The third-order valence-corrected chi connectivity index (χ3v) is 3.44. The molecule has 0 unspecified atom stereocenters. The highest BCUT2D eigenvalue weighted by molar-refractivity contribution is 7.11. The van der Waals surface area contributed by atoms with Crippen LogP contribution in [0.2, 0.25) is 0 Å². The van der Waals surface area contributed by atoms with Gasteiger partial charge in [-0.05, 0) is 48.2 Å². The smallest absolute Gasteiger partial charge is 0.189 e. The zero-order chi connectivity index (χ0) is 12.3. The maximum Gasteiger partial charge on any atom is 0.189 e. The predicted octanol–water partition coefficient (Wildman–Crippen LogP) is 3.66. The average molecular weight is 244 g/mol. The van der Waals surface area contributed by atoms with Gasteiger partial charge in [0.05, 0.1) is 5.56 Å². The summed E-state index contributed by atoms with van der Waals surface area (Å²) in [5, 5.41) is 11.5. The van der Waals surface area contributed by atoms with Crippen LogP contribution in [0.1, 0.15) is 20.8 Å². The number of benzene rings is 1. The zero-order valence-electron chi connectivity index (χ0n) is 9.38. The number of aryl methyl sites for hydroxylation is 1. The summed E-state index contributed by atoms with van der Waals surface area (Å²) in [6, 6.07) is 8.56. The molecule has 17 heavy (non-hydrogen) atoms. The Kier molecular flexibility index (Phi) is 3.40. The second kappa shape index (κ2) is 4.97. The van der Waals surface area contributed by atoms with Crippen molar-refractivity contribution in [3.05, 3.63) is 57.8 Å². The van der Waals surface area contributed by atoms with Crippen LogP contribution >= 0.6 is 11.3 Å². The lowest BCUT2D eigenvalue weighted by Gasteiger charge is -1.98. The number of ketones is 1. The largest absolute Gasteiger partial charge is 0.507 e. The molecule has 3 heteroatoms. The van der Waals surface area contributed by atoms with Crippen molar-refractivity contribution >= 4 is 23.2 Å². The van der Waals surface area contributed by atoms with E-state index in [1.807, 2.05) is 18.4 Å². The van der Waals surface area contributed by atoms with Gasteiger partial charge in [0.15, 0.2) is 5.78 Å². The summed E-state index contributed by atoms with van der Waals surface area (Å²) in [5.74, 6) is -0.166. The van der Waals surface area contributed by atoms with Gasteiger partial charge in [-0.1, -0.05) is 12.1 Å². The number of hydrogen-bond donors (Lipinski definition) is 1. The normalized spacial score (nSPS) is 10.9. The van der Waals surface area contributed by atoms with E-state index in [0.29, 0.717) is 5.56 Å². The van der Waals surface area contributed by atoms with E-state index in [9.17, 15) is 9.90 Å². The maximum atomic E-state index is 11.8. The molecule has 0 aliphatic heterocycles. The fourth-order valence-corrected chi connectivity index (χ4v) is 2.30. The highest BCUT2D eigenvalue weighted by Gasteiger charge is 2.06. The molecular weight excluding hydrogens is 232 g/mol. The Morgan fingerprint density at radius 1 is 1.29 bits per heavy atom. The first kappa shape index (κ1) is 11.6. The molecule has 0 fully saturated rings. The van der Waals surface area contributed by atoms with Crippen LogP contribution in [0.3, 0.4) is 0 Å². The van der Waals surface area contributed by atoms with Gasteiger partial charge < -0.3 is 5.11 Å². The van der Waals surface area contributed by atoms with Crippen molar-refractivity contribution in [2.75, 3.05) is 0 Å². The molecule has 0 atom stereocenters. The van der Waals surface area contributed by atoms with E-state index in [2.05, 4.69) is 0 Å². The standard InChI is InChI=1S/C14H12O2S/c1-10-8-9-17-14(10)7-6-13(16)11-4-2-3-5-12(11)15/h2-9,15H,1H3/b7-6+. The van der Waals surface area contributed by atoms with Gasteiger partial charge in [-0.15, -0.1) is 11.3 Å². The second-order valence-corrected chi connectivity index (χ2v) is 4.63. The Balaban J connectivity index is 2.21. The van der Waals surface area contributed by atoms with Gasteiger partial charge in [0.2, 0.25) is 0 Å². The molecule has 1 aromatic heterocycles. The first-order valence-electron chi connectivity index (χ1n) is 5.23. The fourth-order valence-electron chi connectivity index (χ4n) is 1.48. The van der Waals surface area contributed by atoms with E-state index in [1.165, 1.54) is 12.1 Å². The molecule has 1 aromatic carbocycles. The van der Waals surface area contributed by atoms with E-state index < -0.39 is 0 Å². The van der Waals surface area contributed by atoms with Crippen LogP contribution in [-0.2, 0) is 0 Å². The number of thiophene rings is 1. The molecule has 0 aliphatic rings. The SMILES string of the molecule is Cc1ccsc1/C=C/C(=O)c1ccccc1O. The van der Waals surface area contributed by atoms with Crippen LogP contribution in [0.25, 0.3) is 6.08 Å². The predicted molar refractivity (Wildman–Crippen MR) is 70.5 cm³/mol. The minimum absolute atomic E-state index is 0.0186. The Morgan fingerprint density at radius 3 is 2.71 bits per heavy atom. The van der Waals surface area contributed by atoms with E-state index in [-0.39, 0.29) is 11.5 Å². The molecular formula is C14H12O2S. The first-order chi connectivity index (χ1) is 8.18. The van der Waals surface area contributed by atoms with Crippen molar-refractivity contribution in [3.63, 3.8) is 0 Å². The van der Waals surface area contributed by atoms with E-state index in [0.717, 1.165) is 10.4 Å². The minimum Gasteiger partial charge on any atom is -0.507 e. The molecule has 0 aliphatic carbocycles. The number of carbonyl (C=O) groups is 1. The summed E-state index contributed by atoms with van der Waals surface area (Å²) >= 11 is 1.59. The number of phenolic OH excluding ortho intramolecular Hbond substituents is 1. The summed E-state index contributed by atoms with van der Waals surface area (Å²) in [5.41, 5.74) is 1.48. The molecule has 2 rings (SSSR count). The summed E-state index contributed by atoms with van der Waals surface area (Å²) in [4.78, 5) is 12.9. The number of carbonyl (C=O) groups excluding carboxylic acids is 1. The summed E-state index contributed by atoms with van der Waals surface area (Å²) in [7, 11) is 0. The Hall–Kier alpha value is -1.87. The van der Waals surface area contributed by atoms with Crippen molar-refractivity contribution in [2.45, 2.75) is 6.92 Å². The molecule has 0 spiro atoms. The van der Waals surface area contributed by atoms with Crippen molar-refractivity contribution in [3.8, 4) is 5.75 Å². The average Bonchev–Trinajstić information content (AvgIpc) is 2.72. The number of aromatic hydroxyl groups is 1. The van der Waals surface area contributed by atoms with Crippen LogP contribution in [0.5, 0.6) is 5.75 Å². The lowest BCUT2D eigenvalue weighted by molar-refractivity contribution is 0.104. The van der Waals surface area contributed by atoms with Gasteiger partial charge in [0.1, 0.15) is 5.75 Å². The van der Waals surface area contributed by atoms with Crippen LogP contribution < -0.4 is 0 Å². The van der Waals surface area contributed by atoms with Crippen molar-refractivity contribution in [2.24, 2.45) is 0 Å². The van der Waals surface area contributed by atoms with Gasteiger partial charge in [0, 0.05) is 4.88 Å². The van der Waals surface area contributed by atoms with Crippen LogP contribution in [0, 0.1) is 6.92 Å². The monoisotopic (exact) mass is 244 g/mol. The Morgan fingerprint density at radius 2 is 2.06 bits per heavy atom. The Bertz CT molecular complexity index is 567. The summed E-state index contributed by atoms with van der Waals surface area (Å²) in [6.07, 6.45) is 3.28. The van der Waals surface area contributed by atoms with Crippen LogP contribution in [0.4, 0.5) is 0 Å². The summed E-state index contributed by atoms with van der Waals surface area (Å²) < 4.78 is 0. The van der Waals surface area contributed by atoms with Crippen LogP contribution in [0.15, 0.2) is 41.8 Å². The lowest BCUT2D eigenvalue weighted by Crippen LogP contribution is -1.93. The highest BCUT2D eigenvalue weighted by atomic mass is 32.1. The molecule has 2 nitrogen and oxygen atoms in total. The zero-order valence-corrected chi connectivity index (χ0v) is 10.2. The molecule has 0 bridgehead atoms. The molecule has 86 valence electrons.